The zero-order valence-electron chi connectivity index (χ0n) is 11.8. The zero-order valence-corrected chi connectivity index (χ0v) is 11.8. The Morgan fingerprint density at radius 1 is 1.53 bits per heavy atom. The first kappa shape index (κ1) is 13.8. The van der Waals surface area contributed by atoms with E-state index in [2.05, 4.69) is 4.98 Å². The lowest BCUT2D eigenvalue weighted by molar-refractivity contribution is 0.0222. The highest BCUT2D eigenvalue weighted by atomic mass is 16.6. The van der Waals surface area contributed by atoms with Crippen LogP contribution in [0.5, 0.6) is 0 Å². The lowest BCUT2D eigenvalue weighted by Crippen LogP contribution is -2.40. The van der Waals surface area contributed by atoms with Gasteiger partial charge in [0, 0.05) is 31.4 Å². The molecule has 0 fully saturated rings. The molecule has 2 heterocycles. The largest absolute Gasteiger partial charge is 0.444 e. The number of amides is 1. The second kappa shape index (κ2) is 5.17. The maximum Gasteiger partial charge on any atom is 0.410 e. The number of rotatable bonds is 1. The highest BCUT2D eigenvalue weighted by molar-refractivity contribution is 5.68. The van der Waals surface area contributed by atoms with E-state index in [1.807, 2.05) is 33.0 Å². The van der Waals surface area contributed by atoms with Gasteiger partial charge in [-0.15, -0.1) is 0 Å². The average molecular weight is 263 g/mol. The Bertz CT molecular complexity index is 480. The van der Waals surface area contributed by atoms with E-state index in [9.17, 15) is 4.79 Å². The van der Waals surface area contributed by atoms with Crippen LogP contribution in [0.4, 0.5) is 4.79 Å². The molecule has 5 heteroatoms. The Morgan fingerprint density at radius 2 is 2.26 bits per heavy atom. The standard InChI is InChI=1S/C14H21N3O2/c1-14(2,3)19-13(18)17-5-4-12-11(9-17)6-10(7-15)8-16-12/h6,8H,4-5,7,9,15H2,1-3H3. The van der Waals surface area contributed by atoms with Crippen molar-refractivity contribution >= 4 is 6.09 Å². The van der Waals surface area contributed by atoms with Crippen LogP contribution < -0.4 is 5.73 Å². The highest BCUT2D eigenvalue weighted by Gasteiger charge is 2.26. The maximum atomic E-state index is 12.0. The van der Waals surface area contributed by atoms with Gasteiger partial charge >= 0.3 is 6.09 Å². The summed E-state index contributed by atoms with van der Waals surface area (Å²) in [5, 5.41) is 0. The van der Waals surface area contributed by atoms with Crippen LogP contribution in [0.1, 0.15) is 37.6 Å². The van der Waals surface area contributed by atoms with Gasteiger partial charge in [0.1, 0.15) is 5.60 Å². The third-order valence-corrected chi connectivity index (χ3v) is 2.98. The van der Waals surface area contributed by atoms with Gasteiger partial charge in [-0.25, -0.2) is 4.79 Å². The summed E-state index contributed by atoms with van der Waals surface area (Å²) in [5.74, 6) is 0. The van der Waals surface area contributed by atoms with Crippen LogP contribution in [0.25, 0.3) is 0 Å². The molecule has 0 atom stereocenters. The molecule has 1 aromatic heterocycles. The monoisotopic (exact) mass is 263 g/mol. The summed E-state index contributed by atoms with van der Waals surface area (Å²) in [6.07, 6.45) is 2.30. The Morgan fingerprint density at radius 3 is 2.89 bits per heavy atom. The number of carbonyl (C=O) groups is 1. The number of hydrogen-bond acceptors (Lipinski definition) is 4. The molecule has 2 rings (SSSR count). The molecule has 1 aliphatic rings. The zero-order chi connectivity index (χ0) is 14.0. The third-order valence-electron chi connectivity index (χ3n) is 2.98. The van der Waals surface area contributed by atoms with Crippen molar-refractivity contribution in [2.24, 2.45) is 5.73 Å². The average Bonchev–Trinajstić information content (AvgIpc) is 2.35. The van der Waals surface area contributed by atoms with Crippen LogP contribution in [0.2, 0.25) is 0 Å². The van der Waals surface area contributed by atoms with Crippen molar-refractivity contribution in [1.82, 2.24) is 9.88 Å². The van der Waals surface area contributed by atoms with E-state index in [-0.39, 0.29) is 6.09 Å². The molecular weight excluding hydrogens is 242 g/mol. The molecule has 2 N–H and O–H groups in total. The molecule has 0 saturated carbocycles. The number of nitrogens with zero attached hydrogens (tertiary/aromatic N) is 2. The van der Waals surface area contributed by atoms with Gasteiger partial charge < -0.3 is 15.4 Å². The predicted octanol–water partition coefficient (Wildman–Crippen LogP) is 1.83. The molecule has 0 saturated heterocycles. The molecule has 0 radical (unpaired) electrons. The normalized spacial score (nSPS) is 15.1. The SMILES string of the molecule is CC(C)(C)OC(=O)N1CCc2ncc(CN)cc2C1. The van der Waals surface area contributed by atoms with Crippen molar-refractivity contribution in [3.05, 3.63) is 29.1 Å². The van der Waals surface area contributed by atoms with Gasteiger partial charge in [0.25, 0.3) is 0 Å². The Labute approximate surface area is 113 Å². The minimum atomic E-state index is -0.464. The smallest absolute Gasteiger partial charge is 0.410 e. The van der Waals surface area contributed by atoms with Crippen molar-refractivity contribution in [2.75, 3.05) is 6.54 Å². The third kappa shape index (κ3) is 3.44. The lowest BCUT2D eigenvalue weighted by Gasteiger charge is -2.30. The summed E-state index contributed by atoms with van der Waals surface area (Å²) in [7, 11) is 0. The van der Waals surface area contributed by atoms with Crippen LogP contribution in [0.3, 0.4) is 0 Å². The molecule has 0 aliphatic carbocycles. The second-order valence-electron chi connectivity index (χ2n) is 5.81. The van der Waals surface area contributed by atoms with E-state index in [4.69, 9.17) is 10.5 Å². The number of nitrogens with two attached hydrogens (primary N) is 1. The van der Waals surface area contributed by atoms with Gasteiger partial charge in [0.05, 0.1) is 6.54 Å². The number of carbonyl (C=O) groups excluding carboxylic acids is 1. The number of hydrogen-bond donors (Lipinski definition) is 1. The molecule has 0 spiro atoms. The quantitative estimate of drug-likeness (QED) is 0.839. The van der Waals surface area contributed by atoms with Crippen molar-refractivity contribution in [2.45, 2.75) is 45.9 Å². The van der Waals surface area contributed by atoms with Gasteiger partial charge in [-0.2, -0.15) is 0 Å². The minimum absolute atomic E-state index is 0.267. The Balaban J connectivity index is 2.10. The van der Waals surface area contributed by atoms with Gasteiger partial charge in [0.15, 0.2) is 0 Å². The first-order valence-corrected chi connectivity index (χ1v) is 6.54. The lowest BCUT2D eigenvalue weighted by atomic mass is 10.0. The predicted molar refractivity (Wildman–Crippen MR) is 72.5 cm³/mol. The highest BCUT2D eigenvalue weighted by Crippen LogP contribution is 2.20. The fraction of sp³-hybridized carbons (Fsp3) is 0.571. The molecular formula is C14H21N3O2. The van der Waals surface area contributed by atoms with Gasteiger partial charge in [0.2, 0.25) is 0 Å². The molecule has 0 bridgehead atoms. The van der Waals surface area contributed by atoms with E-state index in [0.29, 0.717) is 19.6 Å². The summed E-state index contributed by atoms with van der Waals surface area (Å²) >= 11 is 0. The molecule has 0 aromatic carbocycles. The maximum absolute atomic E-state index is 12.0. The first-order valence-electron chi connectivity index (χ1n) is 6.54. The van der Waals surface area contributed by atoms with Crippen LogP contribution in [-0.4, -0.2) is 28.1 Å². The van der Waals surface area contributed by atoms with E-state index in [0.717, 1.165) is 23.2 Å². The van der Waals surface area contributed by atoms with E-state index < -0.39 is 5.60 Å². The van der Waals surface area contributed by atoms with E-state index in [1.165, 1.54) is 0 Å². The van der Waals surface area contributed by atoms with Crippen LogP contribution in [0.15, 0.2) is 12.3 Å². The molecule has 5 nitrogen and oxygen atoms in total. The van der Waals surface area contributed by atoms with E-state index in [1.54, 1.807) is 4.90 Å². The fourth-order valence-electron chi connectivity index (χ4n) is 2.07. The Kier molecular flexibility index (Phi) is 3.75. The van der Waals surface area contributed by atoms with Crippen LogP contribution in [-0.2, 0) is 24.2 Å². The summed E-state index contributed by atoms with van der Waals surface area (Å²) in [5.41, 5.74) is 8.26. The topological polar surface area (TPSA) is 68.5 Å². The van der Waals surface area contributed by atoms with Crippen molar-refractivity contribution < 1.29 is 9.53 Å². The summed E-state index contributed by atoms with van der Waals surface area (Å²) in [6, 6.07) is 2.03. The second-order valence-corrected chi connectivity index (χ2v) is 5.81. The minimum Gasteiger partial charge on any atom is -0.444 e. The molecule has 1 aliphatic heterocycles. The van der Waals surface area contributed by atoms with Gasteiger partial charge in [-0.3, -0.25) is 4.98 Å². The first-order chi connectivity index (χ1) is 8.89. The molecule has 0 unspecified atom stereocenters. The van der Waals surface area contributed by atoms with Crippen LogP contribution in [0, 0.1) is 0 Å². The van der Waals surface area contributed by atoms with Crippen molar-refractivity contribution in [3.63, 3.8) is 0 Å². The number of fused-ring (bicyclic) bond motifs is 1. The Hall–Kier alpha value is -1.62. The summed E-state index contributed by atoms with van der Waals surface area (Å²) in [4.78, 5) is 18.2. The molecule has 19 heavy (non-hydrogen) atoms. The van der Waals surface area contributed by atoms with Crippen molar-refractivity contribution in [3.8, 4) is 0 Å². The molecule has 1 aromatic rings. The van der Waals surface area contributed by atoms with Crippen LogP contribution >= 0.6 is 0 Å². The van der Waals surface area contributed by atoms with Crippen molar-refractivity contribution in [1.29, 1.82) is 0 Å². The van der Waals surface area contributed by atoms with E-state index >= 15 is 0 Å². The van der Waals surface area contributed by atoms with Gasteiger partial charge in [-0.1, -0.05) is 0 Å². The molecule has 104 valence electrons. The fourth-order valence-corrected chi connectivity index (χ4v) is 2.07. The number of ether oxygens (including phenoxy) is 1. The number of pyridine rings is 1. The molecule has 1 amide bonds. The summed E-state index contributed by atoms with van der Waals surface area (Å²) in [6.45, 7) is 7.28. The number of aromatic nitrogens is 1. The summed E-state index contributed by atoms with van der Waals surface area (Å²) < 4.78 is 5.39. The van der Waals surface area contributed by atoms with Gasteiger partial charge in [-0.05, 0) is 38.0 Å².